The molecule has 0 radical (unpaired) electrons. The molecule has 0 unspecified atom stereocenters. The molecule has 1 aliphatic heterocycles. The number of rotatable bonds is 6. The van der Waals surface area contributed by atoms with Gasteiger partial charge in [-0.25, -0.2) is 0 Å². The number of nitriles is 1. The topological polar surface area (TPSA) is 36.3 Å². The third kappa shape index (κ3) is 3.20. The Kier molecular flexibility index (Phi) is 5.58. The summed E-state index contributed by atoms with van der Waals surface area (Å²) in [7, 11) is 0. The van der Waals surface area contributed by atoms with Gasteiger partial charge in [0.1, 0.15) is 12.3 Å². The summed E-state index contributed by atoms with van der Waals surface area (Å²) in [6, 6.07) is 13.1. The van der Waals surface area contributed by atoms with Crippen LogP contribution in [0.3, 0.4) is 0 Å². The first-order valence-electron chi connectivity index (χ1n) is 7.65. The van der Waals surface area contributed by atoms with Gasteiger partial charge in [0.15, 0.2) is 0 Å². The van der Waals surface area contributed by atoms with Gasteiger partial charge in [0.2, 0.25) is 0 Å². The Bertz CT molecular complexity index is 440. The predicted molar refractivity (Wildman–Crippen MR) is 80.0 cm³/mol. The second-order valence-electron chi connectivity index (χ2n) is 5.38. The monoisotopic (exact) mass is 272 g/mol. The minimum absolute atomic E-state index is 0.0516. The van der Waals surface area contributed by atoms with Crippen molar-refractivity contribution < 1.29 is 4.74 Å². The normalized spacial score (nSPS) is 24.4. The minimum Gasteiger partial charge on any atom is -0.361 e. The van der Waals surface area contributed by atoms with Gasteiger partial charge in [0.05, 0.1) is 18.7 Å². The van der Waals surface area contributed by atoms with Gasteiger partial charge in [-0.1, -0.05) is 57.0 Å². The summed E-state index contributed by atoms with van der Waals surface area (Å²) >= 11 is 0. The van der Waals surface area contributed by atoms with Crippen molar-refractivity contribution in [1.29, 1.82) is 5.26 Å². The minimum atomic E-state index is -0.0516. The van der Waals surface area contributed by atoms with Crippen LogP contribution in [-0.4, -0.2) is 23.8 Å². The van der Waals surface area contributed by atoms with E-state index in [2.05, 4.69) is 49.1 Å². The van der Waals surface area contributed by atoms with Crippen LogP contribution in [0.25, 0.3) is 0 Å². The fourth-order valence-corrected chi connectivity index (χ4v) is 2.97. The van der Waals surface area contributed by atoms with E-state index in [0.29, 0.717) is 6.61 Å². The molecule has 2 rings (SSSR count). The molecule has 0 bridgehead atoms. The highest BCUT2D eigenvalue weighted by Gasteiger charge is 2.39. The van der Waals surface area contributed by atoms with E-state index in [4.69, 9.17) is 4.74 Å². The summed E-state index contributed by atoms with van der Waals surface area (Å²) < 4.78 is 5.98. The average Bonchev–Trinajstić information content (AvgIpc) is 2.90. The lowest BCUT2D eigenvalue weighted by Crippen LogP contribution is -2.40. The van der Waals surface area contributed by atoms with Gasteiger partial charge in [-0.3, -0.25) is 4.90 Å². The van der Waals surface area contributed by atoms with Crippen LogP contribution in [0.5, 0.6) is 0 Å². The molecular weight excluding hydrogens is 248 g/mol. The van der Waals surface area contributed by atoms with E-state index in [1.54, 1.807) is 0 Å². The summed E-state index contributed by atoms with van der Waals surface area (Å²) in [5, 5.41) is 9.52. The Morgan fingerprint density at radius 1 is 1.30 bits per heavy atom. The molecule has 1 aromatic carbocycles. The zero-order valence-corrected chi connectivity index (χ0v) is 12.5. The Balaban J connectivity index is 2.24. The molecule has 0 amide bonds. The standard InChI is InChI=1S/C17H24N2O/c1-3-8-15(12-18)19-16(13-20-17(19)9-4-2)14-10-6-5-7-11-14/h5-7,10-11,15-17H,3-4,8-9,13H2,1-2H3/t15-,16-,17+/m0/s1. The maximum Gasteiger partial charge on any atom is 0.112 e. The first-order chi connectivity index (χ1) is 9.81. The van der Waals surface area contributed by atoms with E-state index in [1.165, 1.54) is 5.56 Å². The number of hydrogen-bond acceptors (Lipinski definition) is 3. The summed E-state index contributed by atoms with van der Waals surface area (Å²) in [6.45, 7) is 4.99. The Morgan fingerprint density at radius 3 is 2.65 bits per heavy atom. The van der Waals surface area contributed by atoms with E-state index < -0.39 is 0 Å². The van der Waals surface area contributed by atoms with Crippen molar-refractivity contribution in [2.75, 3.05) is 6.61 Å². The van der Waals surface area contributed by atoms with Gasteiger partial charge in [0, 0.05) is 0 Å². The highest BCUT2D eigenvalue weighted by atomic mass is 16.5. The van der Waals surface area contributed by atoms with E-state index in [1.807, 2.05) is 6.07 Å². The number of benzene rings is 1. The van der Waals surface area contributed by atoms with Crippen molar-refractivity contribution in [3.05, 3.63) is 35.9 Å². The second kappa shape index (κ2) is 7.42. The number of nitrogens with zero attached hydrogens (tertiary/aromatic N) is 2. The summed E-state index contributed by atoms with van der Waals surface area (Å²) in [5.74, 6) is 0. The molecule has 20 heavy (non-hydrogen) atoms. The molecule has 0 aliphatic carbocycles. The molecule has 1 heterocycles. The fourth-order valence-electron chi connectivity index (χ4n) is 2.97. The maximum atomic E-state index is 9.52. The lowest BCUT2D eigenvalue weighted by Gasteiger charge is -2.32. The van der Waals surface area contributed by atoms with Crippen LogP contribution >= 0.6 is 0 Å². The van der Waals surface area contributed by atoms with Crippen LogP contribution in [-0.2, 0) is 4.74 Å². The van der Waals surface area contributed by atoms with Crippen molar-refractivity contribution in [2.24, 2.45) is 0 Å². The SMILES string of the molecule is CCC[C@@H](C#N)N1[C@@H](CCC)OC[C@H]1c1ccccc1. The highest BCUT2D eigenvalue weighted by Crippen LogP contribution is 2.35. The molecule has 1 aliphatic rings. The Labute approximate surface area is 122 Å². The third-order valence-corrected chi connectivity index (χ3v) is 3.93. The molecular formula is C17H24N2O. The molecule has 0 saturated carbocycles. The van der Waals surface area contributed by atoms with Gasteiger partial charge in [0.25, 0.3) is 0 Å². The molecule has 1 saturated heterocycles. The Morgan fingerprint density at radius 2 is 2.05 bits per heavy atom. The van der Waals surface area contributed by atoms with Crippen LogP contribution in [0, 0.1) is 11.3 Å². The summed E-state index contributed by atoms with van der Waals surface area (Å²) in [4.78, 5) is 2.29. The number of ether oxygens (including phenoxy) is 1. The quantitative estimate of drug-likeness (QED) is 0.788. The molecule has 1 fully saturated rings. The van der Waals surface area contributed by atoms with E-state index in [9.17, 15) is 5.26 Å². The van der Waals surface area contributed by atoms with Gasteiger partial charge < -0.3 is 4.74 Å². The van der Waals surface area contributed by atoms with Gasteiger partial charge in [-0.2, -0.15) is 5.26 Å². The summed E-state index contributed by atoms with van der Waals surface area (Å²) in [6.07, 6.45) is 4.08. The van der Waals surface area contributed by atoms with Gasteiger partial charge in [-0.15, -0.1) is 0 Å². The first kappa shape index (κ1) is 15.0. The van der Waals surface area contributed by atoms with Crippen molar-refractivity contribution >= 4 is 0 Å². The summed E-state index contributed by atoms with van der Waals surface area (Å²) in [5.41, 5.74) is 1.25. The van der Waals surface area contributed by atoms with Gasteiger partial charge in [-0.05, 0) is 18.4 Å². The van der Waals surface area contributed by atoms with Crippen LogP contribution in [0.2, 0.25) is 0 Å². The molecule has 0 aromatic heterocycles. The van der Waals surface area contributed by atoms with Crippen molar-refractivity contribution in [3.63, 3.8) is 0 Å². The molecule has 3 atom stereocenters. The third-order valence-electron chi connectivity index (χ3n) is 3.93. The molecule has 3 heteroatoms. The molecule has 0 spiro atoms. The fraction of sp³-hybridized carbons (Fsp3) is 0.588. The van der Waals surface area contributed by atoms with E-state index in [0.717, 1.165) is 25.7 Å². The molecule has 0 N–H and O–H groups in total. The van der Waals surface area contributed by atoms with E-state index in [-0.39, 0.29) is 18.3 Å². The zero-order chi connectivity index (χ0) is 14.4. The molecule has 1 aromatic rings. The predicted octanol–water partition coefficient (Wildman–Crippen LogP) is 3.88. The first-order valence-corrected chi connectivity index (χ1v) is 7.65. The maximum absolute atomic E-state index is 9.52. The smallest absolute Gasteiger partial charge is 0.112 e. The largest absolute Gasteiger partial charge is 0.361 e. The molecule has 3 nitrogen and oxygen atoms in total. The van der Waals surface area contributed by atoms with E-state index >= 15 is 0 Å². The van der Waals surface area contributed by atoms with Crippen molar-refractivity contribution in [2.45, 2.75) is 57.8 Å². The van der Waals surface area contributed by atoms with Gasteiger partial charge >= 0.3 is 0 Å². The lowest BCUT2D eigenvalue weighted by molar-refractivity contribution is 0.00948. The van der Waals surface area contributed by atoms with Crippen LogP contribution in [0.15, 0.2) is 30.3 Å². The van der Waals surface area contributed by atoms with Crippen molar-refractivity contribution in [3.8, 4) is 6.07 Å². The molecule has 108 valence electrons. The number of hydrogen-bond donors (Lipinski definition) is 0. The second-order valence-corrected chi connectivity index (χ2v) is 5.38. The zero-order valence-electron chi connectivity index (χ0n) is 12.5. The highest BCUT2D eigenvalue weighted by molar-refractivity contribution is 5.21. The lowest BCUT2D eigenvalue weighted by atomic mass is 10.0. The average molecular weight is 272 g/mol. The van der Waals surface area contributed by atoms with Crippen molar-refractivity contribution in [1.82, 2.24) is 4.90 Å². The van der Waals surface area contributed by atoms with Crippen LogP contribution in [0.1, 0.15) is 51.1 Å². The Hall–Kier alpha value is -1.37. The van der Waals surface area contributed by atoms with Crippen LogP contribution in [0.4, 0.5) is 0 Å². The van der Waals surface area contributed by atoms with Crippen LogP contribution < -0.4 is 0 Å².